The Morgan fingerprint density at radius 1 is 1.26 bits per heavy atom. The van der Waals surface area contributed by atoms with Crippen LogP contribution in [0.25, 0.3) is 22.2 Å². The molecule has 0 spiro atoms. The van der Waals surface area contributed by atoms with E-state index in [1.54, 1.807) is 4.90 Å². The lowest BCUT2D eigenvalue weighted by Crippen LogP contribution is -2.55. The van der Waals surface area contributed by atoms with E-state index < -0.39 is 35.2 Å². The summed E-state index contributed by atoms with van der Waals surface area (Å²) in [5, 5.41) is 9.87. The molecule has 0 aliphatic carbocycles. The first-order valence-electron chi connectivity index (χ1n) is 10.1. The highest BCUT2D eigenvalue weighted by molar-refractivity contribution is 6.34. The van der Waals surface area contributed by atoms with Crippen molar-refractivity contribution in [1.29, 1.82) is 5.26 Å². The molecule has 1 fully saturated rings. The standard InChI is InChI=1S/C22H16ClF4N7O/c1-11(24)21(35)34-5-4-33(9-12(34)8-28)20-14-6-16(23)13(7-17(14)30-10-31-20)19-15(22(25,26)27)2-3-18(29)32-19/h2-3,6-7,10,12H,1,4-5,9H2,(H2,29,32)/t12-/m1/s1. The highest BCUT2D eigenvalue weighted by Gasteiger charge is 2.36. The Bertz CT molecular complexity index is 1390. The zero-order valence-corrected chi connectivity index (χ0v) is 18.6. The molecular weight excluding hydrogens is 490 g/mol. The monoisotopic (exact) mass is 505 g/mol. The van der Waals surface area contributed by atoms with Gasteiger partial charge in [-0.3, -0.25) is 4.79 Å². The van der Waals surface area contributed by atoms with Gasteiger partial charge in [0.1, 0.15) is 24.0 Å². The third-order valence-corrected chi connectivity index (χ3v) is 5.81. The molecule has 1 aliphatic heterocycles. The van der Waals surface area contributed by atoms with E-state index in [0.29, 0.717) is 11.2 Å². The van der Waals surface area contributed by atoms with E-state index in [1.807, 2.05) is 6.07 Å². The summed E-state index contributed by atoms with van der Waals surface area (Å²) >= 11 is 6.40. The first-order chi connectivity index (χ1) is 16.5. The van der Waals surface area contributed by atoms with Gasteiger partial charge in [0, 0.05) is 24.0 Å². The molecule has 2 aromatic heterocycles. The number of carbonyl (C=O) groups is 1. The maximum absolute atomic E-state index is 13.6. The summed E-state index contributed by atoms with van der Waals surface area (Å²) in [6, 6.07) is 5.64. The molecule has 1 atom stereocenters. The van der Waals surface area contributed by atoms with Crippen LogP contribution < -0.4 is 10.6 Å². The van der Waals surface area contributed by atoms with Crippen LogP contribution in [0.1, 0.15) is 5.56 Å². The molecule has 1 aliphatic rings. The largest absolute Gasteiger partial charge is 0.418 e. The predicted octanol–water partition coefficient (Wildman–Crippen LogP) is 3.97. The molecular formula is C22H16ClF4N7O. The normalized spacial score (nSPS) is 16.3. The third-order valence-electron chi connectivity index (χ3n) is 5.50. The number of halogens is 5. The highest BCUT2D eigenvalue weighted by Crippen LogP contribution is 2.41. The number of alkyl halides is 3. The van der Waals surface area contributed by atoms with Crippen LogP contribution in [-0.4, -0.2) is 51.4 Å². The molecule has 0 radical (unpaired) electrons. The molecule has 13 heteroatoms. The number of nitrogens with two attached hydrogens (primary N) is 1. The summed E-state index contributed by atoms with van der Waals surface area (Å²) in [7, 11) is 0. The van der Waals surface area contributed by atoms with Crippen molar-refractivity contribution in [1.82, 2.24) is 19.9 Å². The molecule has 8 nitrogen and oxygen atoms in total. The van der Waals surface area contributed by atoms with Crippen molar-refractivity contribution < 1.29 is 22.4 Å². The number of nitriles is 1. The minimum atomic E-state index is -4.69. The third kappa shape index (κ3) is 4.54. The fourth-order valence-corrected chi connectivity index (χ4v) is 4.14. The SMILES string of the molecule is C=C(F)C(=O)N1CCN(c2ncnc3cc(-c4nc(N)ccc4C(F)(F)F)c(Cl)cc23)C[C@H]1C#N. The topological polar surface area (TPSA) is 112 Å². The summed E-state index contributed by atoms with van der Waals surface area (Å²) in [4.78, 5) is 27.0. The van der Waals surface area contributed by atoms with Crippen LogP contribution in [0.3, 0.4) is 0 Å². The van der Waals surface area contributed by atoms with Crippen LogP contribution in [0.2, 0.25) is 5.02 Å². The van der Waals surface area contributed by atoms with Crippen molar-refractivity contribution in [2.45, 2.75) is 12.2 Å². The van der Waals surface area contributed by atoms with E-state index >= 15 is 0 Å². The van der Waals surface area contributed by atoms with Gasteiger partial charge in [-0.05, 0) is 24.3 Å². The van der Waals surface area contributed by atoms with Crippen molar-refractivity contribution in [3.05, 3.63) is 53.6 Å². The zero-order chi connectivity index (χ0) is 25.5. The van der Waals surface area contributed by atoms with E-state index in [0.717, 1.165) is 17.0 Å². The van der Waals surface area contributed by atoms with Crippen LogP contribution in [0, 0.1) is 11.3 Å². The van der Waals surface area contributed by atoms with Gasteiger partial charge in [0.15, 0.2) is 5.83 Å². The highest BCUT2D eigenvalue weighted by atomic mass is 35.5. The molecule has 1 saturated heterocycles. The first-order valence-corrected chi connectivity index (χ1v) is 10.5. The minimum absolute atomic E-state index is 0.00992. The summed E-state index contributed by atoms with van der Waals surface area (Å²) in [5.41, 5.74) is 4.45. The lowest BCUT2D eigenvalue weighted by molar-refractivity contribution is -0.137. The molecule has 4 rings (SSSR count). The molecule has 180 valence electrons. The lowest BCUT2D eigenvalue weighted by atomic mass is 10.0. The molecule has 35 heavy (non-hydrogen) atoms. The Labute approximate surface area is 201 Å². The van der Waals surface area contributed by atoms with Crippen LogP contribution >= 0.6 is 11.6 Å². The second-order valence-electron chi connectivity index (χ2n) is 7.67. The number of nitrogen functional groups attached to an aromatic ring is 1. The van der Waals surface area contributed by atoms with Crippen LogP contribution in [-0.2, 0) is 11.0 Å². The van der Waals surface area contributed by atoms with Gasteiger partial charge in [-0.15, -0.1) is 0 Å². The van der Waals surface area contributed by atoms with Crippen LogP contribution in [0.4, 0.5) is 29.2 Å². The molecule has 3 heterocycles. The number of piperazine rings is 1. The fraction of sp³-hybridized carbons (Fsp3) is 0.227. The Balaban J connectivity index is 1.77. The fourth-order valence-electron chi connectivity index (χ4n) is 3.89. The maximum Gasteiger partial charge on any atom is 0.418 e. The molecule has 0 bridgehead atoms. The van der Waals surface area contributed by atoms with Crippen molar-refractivity contribution in [3.8, 4) is 17.3 Å². The van der Waals surface area contributed by atoms with Crippen molar-refractivity contribution in [2.75, 3.05) is 30.3 Å². The van der Waals surface area contributed by atoms with Crippen LogP contribution in [0.15, 0.2) is 43.0 Å². The number of rotatable bonds is 3. The molecule has 2 N–H and O–H groups in total. The van der Waals surface area contributed by atoms with Gasteiger partial charge < -0.3 is 15.5 Å². The van der Waals surface area contributed by atoms with E-state index in [-0.39, 0.29) is 41.6 Å². The van der Waals surface area contributed by atoms with Gasteiger partial charge in [0.05, 0.1) is 34.4 Å². The predicted molar refractivity (Wildman–Crippen MR) is 121 cm³/mol. The van der Waals surface area contributed by atoms with Gasteiger partial charge in [0.25, 0.3) is 5.91 Å². The van der Waals surface area contributed by atoms with Crippen molar-refractivity contribution in [2.24, 2.45) is 0 Å². The molecule has 3 aromatic rings. The lowest BCUT2D eigenvalue weighted by Gasteiger charge is -2.38. The van der Waals surface area contributed by atoms with Gasteiger partial charge in [-0.2, -0.15) is 18.4 Å². The van der Waals surface area contributed by atoms with Gasteiger partial charge in [0.2, 0.25) is 0 Å². The summed E-state index contributed by atoms with van der Waals surface area (Å²) in [6.07, 6.45) is -3.48. The molecule has 1 amide bonds. The number of carbonyl (C=O) groups excluding carboxylic acids is 1. The van der Waals surface area contributed by atoms with Crippen molar-refractivity contribution >= 4 is 40.0 Å². The summed E-state index contributed by atoms with van der Waals surface area (Å²) < 4.78 is 54.1. The number of anilines is 2. The number of aromatic nitrogens is 3. The van der Waals surface area contributed by atoms with Crippen molar-refractivity contribution in [3.63, 3.8) is 0 Å². The van der Waals surface area contributed by atoms with E-state index in [2.05, 4.69) is 21.5 Å². The minimum Gasteiger partial charge on any atom is -0.384 e. The molecule has 0 saturated carbocycles. The van der Waals surface area contributed by atoms with E-state index in [1.165, 1.54) is 18.5 Å². The number of nitrogens with zero attached hydrogens (tertiary/aromatic N) is 6. The number of benzene rings is 1. The Morgan fingerprint density at radius 3 is 2.66 bits per heavy atom. The van der Waals surface area contributed by atoms with Gasteiger partial charge >= 0.3 is 6.18 Å². The zero-order valence-electron chi connectivity index (χ0n) is 17.9. The Hall–Kier alpha value is -3.98. The molecule has 1 aromatic carbocycles. The van der Waals surface area contributed by atoms with Gasteiger partial charge in [-0.25, -0.2) is 19.3 Å². The summed E-state index contributed by atoms with van der Waals surface area (Å²) in [5.74, 6) is -1.89. The van der Waals surface area contributed by atoms with E-state index in [4.69, 9.17) is 17.3 Å². The second-order valence-corrected chi connectivity index (χ2v) is 8.08. The maximum atomic E-state index is 13.6. The Morgan fingerprint density at radius 2 is 2.00 bits per heavy atom. The Kier molecular flexibility index (Phi) is 6.21. The van der Waals surface area contributed by atoms with E-state index in [9.17, 15) is 27.6 Å². The first kappa shape index (κ1) is 24.2. The number of pyridine rings is 1. The number of hydrogen-bond donors (Lipinski definition) is 1. The van der Waals surface area contributed by atoms with Gasteiger partial charge in [-0.1, -0.05) is 18.2 Å². The second kappa shape index (κ2) is 8.99. The quantitative estimate of drug-likeness (QED) is 0.423. The van der Waals surface area contributed by atoms with Crippen LogP contribution in [0.5, 0.6) is 0 Å². The number of amides is 1. The summed E-state index contributed by atoms with van der Waals surface area (Å²) in [6.45, 7) is 3.23. The number of hydrogen-bond acceptors (Lipinski definition) is 7. The smallest absolute Gasteiger partial charge is 0.384 e. The number of fused-ring (bicyclic) bond motifs is 1. The average molecular weight is 506 g/mol. The molecule has 0 unspecified atom stereocenters. The average Bonchev–Trinajstić information content (AvgIpc) is 2.81.